The van der Waals surface area contributed by atoms with E-state index in [-0.39, 0.29) is 0 Å². The van der Waals surface area contributed by atoms with Gasteiger partial charge < -0.3 is 15.6 Å². The molecule has 0 aliphatic heterocycles. The minimum atomic E-state index is 0.618. The van der Waals surface area contributed by atoms with E-state index in [4.69, 9.17) is 5.73 Å². The fourth-order valence-electron chi connectivity index (χ4n) is 2.32. The molecule has 0 bridgehead atoms. The third kappa shape index (κ3) is 6.71. The number of hydrogen-bond donors (Lipinski definition) is 2. The summed E-state index contributed by atoms with van der Waals surface area (Å²) in [6.07, 6.45) is 12.8. The first-order chi connectivity index (χ1) is 13.6. The predicted octanol–water partition coefficient (Wildman–Crippen LogP) is 2.77. The van der Waals surface area contributed by atoms with E-state index in [1.54, 1.807) is 18.9 Å². The number of nitrogens with zero attached hydrogens (tertiary/aromatic N) is 6. The second-order valence-electron chi connectivity index (χ2n) is 6.00. The van der Waals surface area contributed by atoms with Crippen molar-refractivity contribution in [2.45, 2.75) is 40.4 Å². The molecule has 28 heavy (non-hydrogen) atoms. The van der Waals surface area contributed by atoms with Crippen molar-refractivity contribution < 1.29 is 0 Å². The molecule has 3 N–H and O–H groups in total. The molecule has 0 amide bonds. The van der Waals surface area contributed by atoms with Crippen LogP contribution < -0.4 is 11.1 Å². The van der Waals surface area contributed by atoms with E-state index < -0.39 is 0 Å². The van der Waals surface area contributed by atoms with Crippen LogP contribution in [-0.4, -0.2) is 30.7 Å². The summed E-state index contributed by atoms with van der Waals surface area (Å²) >= 11 is 0. The van der Waals surface area contributed by atoms with Crippen LogP contribution in [0.15, 0.2) is 60.4 Å². The van der Waals surface area contributed by atoms with Crippen molar-refractivity contribution in [3.63, 3.8) is 0 Å². The molecule has 3 heterocycles. The highest BCUT2D eigenvalue weighted by Crippen LogP contribution is 2.06. The van der Waals surface area contributed by atoms with E-state index in [1.165, 1.54) is 0 Å². The number of nitrogens with one attached hydrogen (secondary N) is 1. The average molecular weight is 381 g/mol. The molecule has 3 aromatic heterocycles. The highest BCUT2D eigenvalue weighted by Gasteiger charge is 1.99. The third-order valence-corrected chi connectivity index (χ3v) is 3.85. The van der Waals surface area contributed by atoms with Crippen LogP contribution in [0.1, 0.15) is 30.8 Å². The summed E-state index contributed by atoms with van der Waals surface area (Å²) in [6.45, 7) is 8.09. The second kappa shape index (κ2) is 11.3. The summed E-state index contributed by atoms with van der Waals surface area (Å²) in [5, 5.41) is 7.24. The number of hydrogen-bond acceptors (Lipinski definition) is 5. The molecular weight excluding hydrogens is 352 g/mol. The molecule has 0 fully saturated rings. The minimum Gasteiger partial charge on any atom is -0.384 e. The number of aryl methyl sites for hydroxylation is 2. The monoisotopic (exact) mass is 380 g/mol. The van der Waals surface area contributed by atoms with Gasteiger partial charge in [0.1, 0.15) is 5.82 Å². The zero-order chi connectivity index (χ0) is 20.2. The maximum Gasteiger partial charge on any atom is 0.126 e. The minimum absolute atomic E-state index is 0.618. The molecule has 148 valence electrons. The fraction of sp³-hybridized carbons (Fsp3) is 0.300. The number of nitrogen functional groups attached to an aromatic ring is 1. The lowest BCUT2D eigenvalue weighted by Gasteiger charge is -1.99. The van der Waals surface area contributed by atoms with E-state index in [0.717, 1.165) is 29.3 Å². The molecule has 8 heteroatoms. The summed E-state index contributed by atoms with van der Waals surface area (Å²) < 4.78 is 3.78. The molecule has 8 nitrogen and oxygen atoms in total. The quantitative estimate of drug-likeness (QED) is 0.485. The molecule has 0 aromatic carbocycles. The number of allylic oxidation sites excluding steroid dienone is 1. The summed E-state index contributed by atoms with van der Waals surface area (Å²) in [5.41, 5.74) is 8.60. The van der Waals surface area contributed by atoms with E-state index in [0.29, 0.717) is 13.1 Å². The number of anilines is 1. The lowest BCUT2D eigenvalue weighted by atomic mass is 10.3. The zero-order valence-corrected chi connectivity index (χ0v) is 16.7. The van der Waals surface area contributed by atoms with Crippen LogP contribution in [0.3, 0.4) is 0 Å². The number of pyridine rings is 1. The van der Waals surface area contributed by atoms with Crippen LogP contribution >= 0.6 is 0 Å². The molecule has 0 unspecified atom stereocenters. The number of aromatic nitrogens is 5. The van der Waals surface area contributed by atoms with Gasteiger partial charge in [-0.1, -0.05) is 12.1 Å². The lowest BCUT2D eigenvalue weighted by Crippen LogP contribution is -2.01. The van der Waals surface area contributed by atoms with Crippen LogP contribution in [0, 0.1) is 6.92 Å². The zero-order valence-electron chi connectivity index (χ0n) is 16.7. The molecule has 3 aromatic rings. The maximum atomic E-state index is 5.61. The smallest absolute Gasteiger partial charge is 0.126 e. The maximum absolute atomic E-state index is 5.61. The largest absolute Gasteiger partial charge is 0.384 e. The molecule has 0 radical (unpaired) electrons. The van der Waals surface area contributed by atoms with Gasteiger partial charge in [0.25, 0.3) is 0 Å². The number of imidazole rings is 1. The van der Waals surface area contributed by atoms with Gasteiger partial charge in [-0.05, 0) is 39.1 Å². The number of aliphatic imine (C=N–C) groups is 1. The highest BCUT2D eigenvalue weighted by atomic mass is 15.3. The van der Waals surface area contributed by atoms with Gasteiger partial charge in [0, 0.05) is 24.5 Å². The Morgan fingerprint density at radius 2 is 2.14 bits per heavy atom. The molecule has 0 aliphatic rings. The van der Waals surface area contributed by atoms with Crippen molar-refractivity contribution in [1.82, 2.24) is 29.6 Å². The lowest BCUT2D eigenvalue weighted by molar-refractivity contribution is 0.672. The third-order valence-electron chi connectivity index (χ3n) is 3.85. The van der Waals surface area contributed by atoms with Crippen molar-refractivity contribution in [2.24, 2.45) is 4.99 Å². The molecule has 0 atom stereocenters. The Hall–Kier alpha value is -3.42. The van der Waals surface area contributed by atoms with Gasteiger partial charge in [0.2, 0.25) is 0 Å². The van der Waals surface area contributed by atoms with Gasteiger partial charge in [-0.3, -0.25) is 14.7 Å². The number of rotatable bonds is 7. The van der Waals surface area contributed by atoms with Crippen LogP contribution in [0.25, 0.3) is 0 Å². The standard InChI is InChI=1S/C14H17N5.C6H11N3/c1-2-6-15-12-16-8-13-9-18-19(10-13)11-14-5-3-4-7-17-14;1-3-9-4-8-5(2)6(9)7/h2-7,9-10,12H,8,11H2,1H3,(H,15,16);4H,3,7H2,1-2H3/b6-2-;. The van der Waals surface area contributed by atoms with Crippen LogP contribution in [0.4, 0.5) is 5.82 Å². The van der Waals surface area contributed by atoms with Crippen molar-refractivity contribution >= 4 is 12.2 Å². The Kier molecular flexibility index (Phi) is 8.45. The molecule has 0 aliphatic carbocycles. The van der Waals surface area contributed by atoms with Gasteiger partial charge in [0.05, 0.1) is 43.3 Å². The Morgan fingerprint density at radius 3 is 2.75 bits per heavy atom. The summed E-state index contributed by atoms with van der Waals surface area (Å²) in [7, 11) is 0. The average Bonchev–Trinajstić information content (AvgIpc) is 3.29. The Balaban J connectivity index is 0.000000261. The normalized spacial score (nSPS) is 11.0. The van der Waals surface area contributed by atoms with Gasteiger partial charge in [-0.15, -0.1) is 0 Å². The van der Waals surface area contributed by atoms with Crippen molar-refractivity contribution in [3.8, 4) is 0 Å². The predicted molar refractivity (Wildman–Crippen MR) is 113 cm³/mol. The van der Waals surface area contributed by atoms with Crippen molar-refractivity contribution in [1.29, 1.82) is 0 Å². The van der Waals surface area contributed by atoms with Crippen molar-refractivity contribution in [2.75, 3.05) is 5.73 Å². The molecular formula is C20H28N8. The Morgan fingerprint density at radius 1 is 1.29 bits per heavy atom. The van der Waals surface area contributed by atoms with Crippen molar-refractivity contribution in [3.05, 3.63) is 72.3 Å². The van der Waals surface area contributed by atoms with E-state index >= 15 is 0 Å². The first-order valence-electron chi connectivity index (χ1n) is 9.18. The molecule has 0 spiro atoms. The van der Waals surface area contributed by atoms with E-state index in [2.05, 4.69) is 25.4 Å². The van der Waals surface area contributed by atoms with Gasteiger partial charge in [-0.2, -0.15) is 5.10 Å². The van der Waals surface area contributed by atoms with Crippen LogP contribution in [-0.2, 0) is 19.6 Å². The molecule has 3 rings (SSSR count). The molecule has 0 saturated carbocycles. The van der Waals surface area contributed by atoms with E-state index in [9.17, 15) is 0 Å². The SMILES string of the molecule is C/C=C\NC=NCc1cnn(Cc2ccccn2)c1.CCn1cnc(C)c1N. The highest BCUT2D eigenvalue weighted by molar-refractivity contribution is 5.55. The fourth-order valence-corrected chi connectivity index (χ4v) is 2.32. The van der Waals surface area contributed by atoms with E-state index in [1.807, 2.05) is 72.9 Å². The van der Waals surface area contributed by atoms with Gasteiger partial charge >= 0.3 is 0 Å². The second-order valence-corrected chi connectivity index (χ2v) is 6.00. The van der Waals surface area contributed by atoms with Crippen LogP contribution in [0.5, 0.6) is 0 Å². The Bertz CT molecular complexity index is 877. The first-order valence-corrected chi connectivity index (χ1v) is 9.18. The first kappa shape index (κ1) is 20.9. The summed E-state index contributed by atoms with van der Waals surface area (Å²) in [5.74, 6) is 0.775. The van der Waals surface area contributed by atoms with Gasteiger partial charge in [0.15, 0.2) is 0 Å². The van der Waals surface area contributed by atoms with Gasteiger partial charge in [-0.25, -0.2) is 4.98 Å². The molecule has 0 saturated heterocycles. The van der Waals surface area contributed by atoms with Crippen LogP contribution in [0.2, 0.25) is 0 Å². The number of nitrogens with two attached hydrogens (primary N) is 1. The topological polar surface area (TPSA) is 98.9 Å². The Labute approximate surface area is 165 Å². The summed E-state index contributed by atoms with van der Waals surface area (Å²) in [4.78, 5) is 12.5. The summed E-state index contributed by atoms with van der Waals surface area (Å²) in [6, 6.07) is 5.87.